The molecule has 0 aliphatic rings. The van der Waals surface area contributed by atoms with Gasteiger partial charge in [-0.15, -0.1) is 6.58 Å². The predicted octanol–water partition coefficient (Wildman–Crippen LogP) is 1.18. The van der Waals surface area contributed by atoms with E-state index in [4.69, 9.17) is 0 Å². The fourth-order valence-electron chi connectivity index (χ4n) is 0.659. The van der Waals surface area contributed by atoms with Crippen molar-refractivity contribution in [2.45, 2.75) is 19.3 Å². The second kappa shape index (κ2) is 6.20. The van der Waals surface area contributed by atoms with Crippen LogP contribution < -0.4 is 0 Å². The number of carbonyl (C=O) groups excluding carboxylic acids is 2. The molecule has 0 aliphatic heterocycles. The van der Waals surface area contributed by atoms with E-state index >= 15 is 0 Å². The molecule has 2 heteroatoms. The first-order valence-corrected chi connectivity index (χ1v) is 3.18. The van der Waals surface area contributed by atoms with Gasteiger partial charge in [0.2, 0.25) is 6.29 Å². The fourth-order valence-corrected chi connectivity index (χ4v) is 0.659. The topological polar surface area (TPSA) is 34.1 Å². The molecule has 1 unspecified atom stereocenters. The second-order valence-electron chi connectivity index (χ2n) is 2.02. The molecule has 0 aliphatic carbocycles. The molecule has 0 saturated carbocycles. The van der Waals surface area contributed by atoms with Crippen molar-refractivity contribution in [1.29, 1.82) is 0 Å². The molecule has 0 rings (SSSR count). The van der Waals surface area contributed by atoms with Crippen LogP contribution in [0.25, 0.3) is 0 Å². The van der Waals surface area contributed by atoms with Crippen LogP contribution in [0.15, 0.2) is 12.7 Å². The van der Waals surface area contributed by atoms with Crippen LogP contribution in [0.1, 0.15) is 19.3 Å². The van der Waals surface area contributed by atoms with E-state index < -0.39 is 0 Å². The molecule has 0 aromatic rings. The molecular formula is C8H10O2. The van der Waals surface area contributed by atoms with Crippen LogP contribution in [-0.2, 0) is 9.59 Å². The third-order valence-electron chi connectivity index (χ3n) is 1.21. The van der Waals surface area contributed by atoms with Crippen LogP contribution in [-0.4, -0.2) is 12.6 Å². The zero-order valence-corrected chi connectivity index (χ0v) is 5.80. The van der Waals surface area contributed by atoms with Gasteiger partial charge in [0.05, 0.1) is 0 Å². The zero-order valence-electron chi connectivity index (χ0n) is 5.80. The van der Waals surface area contributed by atoms with Gasteiger partial charge in [0.25, 0.3) is 0 Å². The Balaban J connectivity index is 3.47. The molecule has 2 nitrogen and oxygen atoms in total. The van der Waals surface area contributed by atoms with E-state index in [1.807, 2.05) is 6.29 Å². The van der Waals surface area contributed by atoms with Gasteiger partial charge >= 0.3 is 0 Å². The third kappa shape index (κ3) is 4.01. The number of hydrogen-bond acceptors (Lipinski definition) is 2. The quantitative estimate of drug-likeness (QED) is 0.516. The highest BCUT2D eigenvalue weighted by atomic mass is 16.1. The average molecular weight is 138 g/mol. The Kier molecular flexibility index (Phi) is 5.63. The molecule has 54 valence electrons. The van der Waals surface area contributed by atoms with Gasteiger partial charge in [-0.3, -0.25) is 9.59 Å². The Morgan fingerprint density at radius 1 is 1.50 bits per heavy atom. The SMILES string of the molecule is C=CCC([C]=O)CC[C]=O. The van der Waals surface area contributed by atoms with E-state index in [0.717, 1.165) is 0 Å². The molecule has 1 atom stereocenters. The first kappa shape index (κ1) is 9.08. The third-order valence-corrected chi connectivity index (χ3v) is 1.21. The van der Waals surface area contributed by atoms with Crippen molar-refractivity contribution in [3.8, 4) is 0 Å². The summed E-state index contributed by atoms with van der Waals surface area (Å²) in [6, 6.07) is 0. The molecule has 0 saturated heterocycles. The molecule has 0 aromatic carbocycles. The molecule has 0 amide bonds. The molecule has 0 N–H and O–H groups in total. The van der Waals surface area contributed by atoms with E-state index in [1.54, 1.807) is 12.4 Å². The molecule has 0 aromatic heterocycles. The largest absolute Gasteiger partial charge is 0.291 e. The molecule has 0 bridgehead atoms. The lowest BCUT2D eigenvalue weighted by Gasteiger charge is -2.00. The smallest absolute Gasteiger partial charge is 0.202 e. The van der Waals surface area contributed by atoms with Gasteiger partial charge in [-0.1, -0.05) is 6.08 Å². The van der Waals surface area contributed by atoms with Gasteiger partial charge in [-0.25, -0.2) is 0 Å². The molecule has 2 radical (unpaired) electrons. The maximum Gasteiger partial charge on any atom is 0.202 e. The minimum Gasteiger partial charge on any atom is -0.291 e. The van der Waals surface area contributed by atoms with Gasteiger partial charge < -0.3 is 0 Å². The van der Waals surface area contributed by atoms with Gasteiger partial charge in [0.1, 0.15) is 0 Å². The van der Waals surface area contributed by atoms with Gasteiger partial charge in [0.15, 0.2) is 6.29 Å². The highest BCUT2D eigenvalue weighted by Gasteiger charge is 2.04. The van der Waals surface area contributed by atoms with Crippen molar-refractivity contribution < 1.29 is 9.59 Å². The fraction of sp³-hybridized carbons (Fsp3) is 0.500. The molecule has 10 heavy (non-hydrogen) atoms. The zero-order chi connectivity index (χ0) is 7.82. The molecular weight excluding hydrogens is 128 g/mol. The van der Waals surface area contributed by atoms with Crippen LogP contribution in [0.5, 0.6) is 0 Å². The Morgan fingerprint density at radius 3 is 2.60 bits per heavy atom. The van der Waals surface area contributed by atoms with E-state index in [0.29, 0.717) is 19.3 Å². The minimum absolute atomic E-state index is 0.168. The van der Waals surface area contributed by atoms with Crippen molar-refractivity contribution in [2.24, 2.45) is 5.92 Å². The summed E-state index contributed by atoms with van der Waals surface area (Å²) in [5.41, 5.74) is 0. The standard InChI is InChI=1S/C8H10O2/c1-2-4-8(7-10)5-3-6-9/h2,8H,1,3-5H2. The van der Waals surface area contributed by atoms with E-state index in [-0.39, 0.29) is 5.92 Å². The number of allylic oxidation sites excluding steroid dienone is 1. The highest BCUT2D eigenvalue weighted by molar-refractivity contribution is 5.57. The summed E-state index contributed by atoms with van der Waals surface area (Å²) in [7, 11) is 0. The monoisotopic (exact) mass is 138 g/mol. The van der Waals surface area contributed by atoms with Crippen molar-refractivity contribution in [1.82, 2.24) is 0 Å². The van der Waals surface area contributed by atoms with E-state index in [2.05, 4.69) is 6.58 Å². The predicted molar refractivity (Wildman–Crippen MR) is 38.9 cm³/mol. The van der Waals surface area contributed by atoms with Crippen LogP contribution in [0.4, 0.5) is 0 Å². The maximum absolute atomic E-state index is 10.1. The van der Waals surface area contributed by atoms with Crippen LogP contribution in [0, 0.1) is 5.92 Å². The Bertz CT molecular complexity index is 118. The first-order valence-electron chi connectivity index (χ1n) is 3.18. The molecule has 0 heterocycles. The van der Waals surface area contributed by atoms with E-state index in [1.165, 1.54) is 0 Å². The van der Waals surface area contributed by atoms with Crippen molar-refractivity contribution in [2.75, 3.05) is 0 Å². The van der Waals surface area contributed by atoms with Gasteiger partial charge in [-0.05, 0) is 12.8 Å². The Hall–Kier alpha value is -0.920. The second-order valence-corrected chi connectivity index (χ2v) is 2.02. The summed E-state index contributed by atoms with van der Waals surface area (Å²) in [5.74, 6) is -0.168. The summed E-state index contributed by atoms with van der Waals surface area (Å²) in [6.45, 7) is 3.48. The van der Waals surface area contributed by atoms with Gasteiger partial charge in [-0.2, -0.15) is 0 Å². The minimum atomic E-state index is -0.168. The summed E-state index contributed by atoms with van der Waals surface area (Å²) in [4.78, 5) is 19.8. The summed E-state index contributed by atoms with van der Waals surface area (Å²) >= 11 is 0. The van der Waals surface area contributed by atoms with Crippen molar-refractivity contribution >= 4 is 12.6 Å². The first-order chi connectivity index (χ1) is 4.85. The number of hydrogen-bond donors (Lipinski definition) is 0. The van der Waals surface area contributed by atoms with Crippen molar-refractivity contribution in [3.05, 3.63) is 12.7 Å². The van der Waals surface area contributed by atoms with Crippen LogP contribution in [0.3, 0.4) is 0 Å². The lowest BCUT2D eigenvalue weighted by molar-refractivity contribution is 0.503. The highest BCUT2D eigenvalue weighted by Crippen LogP contribution is 2.06. The summed E-state index contributed by atoms with van der Waals surface area (Å²) in [5, 5.41) is 0. The van der Waals surface area contributed by atoms with Crippen molar-refractivity contribution in [3.63, 3.8) is 0 Å². The molecule has 0 spiro atoms. The maximum atomic E-state index is 10.1. The number of rotatable bonds is 6. The summed E-state index contributed by atoms with van der Waals surface area (Å²) < 4.78 is 0. The molecule has 0 fully saturated rings. The van der Waals surface area contributed by atoms with Crippen LogP contribution >= 0.6 is 0 Å². The Morgan fingerprint density at radius 2 is 2.20 bits per heavy atom. The average Bonchev–Trinajstić information content (AvgIpc) is 1.98. The lowest BCUT2D eigenvalue weighted by Crippen LogP contribution is -1.99. The normalized spacial score (nSPS) is 12.0. The van der Waals surface area contributed by atoms with Gasteiger partial charge in [0, 0.05) is 12.3 Å². The van der Waals surface area contributed by atoms with E-state index in [9.17, 15) is 9.59 Å². The summed E-state index contributed by atoms with van der Waals surface area (Å²) in [6.07, 6.45) is 6.67. The van der Waals surface area contributed by atoms with Crippen LogP contribution in [0.2, 0.25) is 0 Å². The lowest BCUT2D eigenvalue weighted by atomic mass is 10.0. The Labute approximate surface area is 60.9 Å².